The van der Waals surface area contributed by atoms with E-state index in [2.05, 4.69) is 15.5 Å². The van der Waals surface area contributed by atoms with Crippen molar-refractivity contribution in [2.75, 3.05) is 10.2 Å². The summed E-state index contributed by atoms with van der Waals surface area (Å²) in [6, 6.07) is 10.6. The van der Waals surface area contributed by atoms with E-state index in [0.29, 0.717) is 23.1 Å². The second-order valence-corrected chi connectivity index (χ2v) is 8.00. The van der Waals surface area contributed by atoms with Gasteiger partial charge in [0.2, 0.25) is 0 Å². The van der Waals surface area contributed by atoms with Gasteiger partial charge in [0.25, 0.3) is 0 Å². The zero-order valence-corrected chi connectivity index (χ0v) is 17.8. The fourth-order valence-electron chi connectivity index (χ4n) is 3.66. The molecular formula is C22H21ClF3N5O. The molecule has 0 saturated carbocycles. The molecule has 0 bridgehead atoms. The summed E-state index contributed by atoms with van der Waals surface area (Å²) in [6.45, 7) is 0.695. The number of nitrogens with one attached hydrogen (secondary N) is 1. The largest absolute Gasteiger partial charge is 0.416 e. The van der Waals surface area contributed by atoms with Crippen LogP contribution in [0.4, 0.5) is 29.3 Å². The van der Waals surface area contributed by atoms with Crippen molar-refractivity contribution in [2.45, 2.75) is 44.9 Å². The predicted molar refractivity (Wildman–Crippen MR) is 116 cm³/mol. The molecule has 168 valence electrons. The van der Waals surface area contributed by atoms with Crippen LogP contribution in [-0.4, -0.2) is 20.8 Å². The maximum Gasteiger partial charge on any atom is 0.416 e. The molecule has 0 saturated heterocycles. The highest BCUT2D eigenvalue weighted by Crippen LogP contribution is 2.32. The zero-order valence-electron chi connectivity index (χ0n) is 17.1. The molecule has 1 aromatic heterocycles. The van der Waals surface area contributed by atoms with Gasteiger partial charge in [-0.15, -0.1) is 10.2 Å². The quantitative estimate of drug-likeness (QED) is 0.522. The number of aromatic nitrogens is 3. The number of benzene rings is 2. The number of rotatable bonds is 4. The smallest absolute Gasteiger partial charge is 0.313 e. The van der Waals surface area contributed by atoms with Crippen LogP contribution < -0.4 is 10.2 Å². The van der Waals surface area contributed by atoms with E-state index in [4.69, 9.17) is 11.6 Å². The molecular weight excluding hydrogens is 443 g/mol. The number of alkyl halides is 3. The molecule has 0 aliphatic carbocycles. The fraction of sp³-hybridized carbons (Fsp3) is 0.318. The van der Waals surface area contributed by atoms with Gasteiger partial charge in [0.1, 0.15) is 5.82 Å². The minimum Gasteiger partial charge on any atom is -0.313 e. The van der Waals surface area contributed by atoms with E-state index in [-0.39, 0.29) is 12.2 Å². The summed E-state index contributed by atoms with van der Waals surface area (Å²) in [5, 5.41) is 11.7. The molecule has 1 aliphatic rings. The monoisotopic (exact) mass is 463 g/mol. The first-order valence-electron chi connectivity index (χ1n) is 10.2. The molecule has 1 N–H and O–H groups in total. The molecule has 10 heteroatoms. The Hall–Kier alpha value is -3.07. The number of aryl methyl sites for hydroxylation is 1. The molecule has 1 aliphatic heterocycles. The van der Waals surface area contributed by atoms with Crippen LogP contribution in [0.5, 0.6) is 0 Å². The molecule has 0 fully saturated rings. The third-order valence-corrected chi connectivity index (χ3v) is 5.56. The van der Waals surface area contributed by atoms with Crippen LogP contribution >= 0.6 is 11.6 Å². The first-order chi connectivity index (χ1) is 15.3. The summed E-state index contributed by atoms with van der Waals surface area (Å²) in [6.07, 6.45) is -0.712. The number of carbonyl (C=O) groups is 1. The van der Waals surface area contributed by atoms with Gasteiger partial charge in [-0.2, -0.15) is 13.2 Å². The van der Waals surface area contributed by atoms with Crippen molar-refractivity contribution < 1.29 is 18.0 Å². The second-order valence-electron chi connectivity index (χ2n) is 7.57. The minimum absolute atomic E-state index is 0.0201. The van der Waals surface area contributed by atoms with Gasteiger partial charge in [-0.3, -0.25) is 4.90 Å². The van der Waals surface area contributed by atoms with Crippen molar-refractivity contribution in [3.05, 3.63) is 70.8 Å². The van der Waals surface area contributed by atoms with E-state index < -0.39 is 17.8 Å². The SMILES string of the molecule is O=C(Nc1ccc(Cl)cc1)N(Cc1nnc2n1CCCCC2)c1cccc(C(F)(F)F)c1. The van der Waals surface area contributed by atoms with Crippen molar-refractivity contribution in [1.29, 1.82) is 0 Å². The average Bonchev–Trinajstić information content (AvgIpc) is 2.98. The number of amides is 2. The number of nitrogens with zero attached hydrogens (tertiary/aromatic N) is 4. The van der Waals surface area contributed by atoms with Crippen molar-refractivity contribution in [2.24, 2.45) is 0 Å². The lowest BCUT2D eigenvalue weighted by atomic mass is 10.2. The van der Waals surface area contributed by atoms with Gasteiger partial charge in [-0.25, -0.2) is 4.79 Å². The standard InChI is InChI=1S/C22H21ClF3N5O/c23-16-8-10-17(11-9-16)27-21(32)31(18-6-4-5-15(13-18)22(24,25)26)14-20-29-28-19-7-2-1-3-12-30(19)20/h4-6,8-11,13H,1-3,7,12,14H2,(H,27,32). The highest BCUT2D eigenvalue weighted by atomic mass is 35.5. The lowest BCUT2D eigenvalue weighted by Crippen LogP contribution is -2.35. The Kier molecular flexibility index (Phi) is 6.36. The van der Waals surface area contributed by atoms with Crippen molar-refractivity contribution in [1.82, 2.24) is 14.8 Å². The summed E-state index contributed by atoms with van der Waals surface area (Å²) < 4.78 is 41.9. The summed E-state index contributed by atoms with van der Waals surface area (Å²) in [5.74, 6) is 1.37. The van der Waals surface area contributed by atoms with E-state index in [1.807, 2.05) is 4.57 Å². The minimum atomic E-state index is -4.53. The normalized spacial score (nSPS) is 13.9. The molecule has 6 nitrogen and oxygen atoms in total. The number of anilines is 2. The van der Waals surface area contributed by atoms with Crippen LogP contribution in [0.15, 0.2) is 48.5 Å². The van der Waals surface area contributed by atoms with E-state index in [1.54, 1.807) is 24.3 Å². The summed E-state index contributed by atoms with van der Waals surface area (Å²) in [4.78, 5) is 14.4. The van der Waals surface area contributed by atoms with Gasteiger partial charge < -0.3 is 9.88 Å². The first kappa shape index (κ1) is 22.1. The van der Waals surface area contributed by atoms with Gasteiger partial charge in [0.05, 0.1) is 12.1 Å². The fourth-order valence-corrected chi connectivity index (χ4v) is 3.78. The molecule has 32 heavy (non-hydrogen) atoms. The van der Waals surface area contributed by atoms with E-state index in [0.717, 1.165) is 43.6 Å². The number of halogens is 4. The average molecular weight is 464 g/mol. The van der Waals surface area contributed by atoms with Crippen LogP contribution in [-0.2, 0) is 25.7 Å². The molecule has 4 rings (SSSR count). The van der Waals surface area contributed by atoms with Crippen molar-refractivity contribution >= 4 is 29.0 Å². The van der Waals surface area contributed by atoms with Gasteiger partial charge in [-0.05, 0) is 55.3 Å². The Labute approximate surface area is 188 Å². The summed E-state index contributed by atoms with van der Waals surface area (Å²) in [7, 11) is 0. The Bertz CT molecular complexity index is 1100. The van der Waals surface area contributed by atoms with Crippen LogP contribution in [0.2, 0.25) is 5.02 Å². The molecule has 2 aromatic carbocycles. The van der Waals surface area contributed by atoms with Gasteiger partial charge in [0, 0.05) is 29.4 Å². The molecule has 2 heterocycles. The number of hydrogen-bond donors (Lipinski definition) is 1. The molecule has 0 spiro atoms. The molecule has 2 amide bonds. The lowest BCUT2D eigenvalue weighted by molar-refractivity contribution is -0.137. The lowest BCUT2D eigenvalue weighted by Gasteiger charge is -2.24. The van der Waals surface area contributed by atoms with Gasteiger partial charge in [0.15, 0.2) is 5.82 Å². The van der Waals surface area contributed by atoms with Crippen LogP contribution in [0.1, 0.15) is 36.5 Å². The number of fused-ring (bicyclic) bond motifs is 1. The topological polar surface area (TPSA) is 63.1 Å². The molecule has 0 unspecified atom stereocenters. The van der Waals surface area contributed by atoms with Crippen LogP contribution in [0.3, 0.4) is 0 Å². The highest BCUT2D eigenvalue weighted by molar-refractivity contribution is 6.30. The maximum atomic E-state index is 13.3. The maximum absolute atomic E-state index is 13.3. The molecule has 3 aromatic rings. The van der Waals surface area contributed by atoms with Crippen molar-refractivity contribution in [3.8, 4) is 0 Å². The van der Waals surface area contributed by atoms with Crippen LogP contribution in [0, 0.1) is 0 Å². The third kappa shape index (κ3) is 5.04. The third-order valence-electron chi connectivity index (χ3n) is 5.31. The van der Waals surface area contributed by atoms with Crippen LogP contribution in [0.25, 0.3) is 0 Å². The second kappa shape index (κ2) is 9.20. The number of hydrogen-bond acceptors (Lipinski definition) is 3. The molecule has 0 atom stereocenters. The molecule has 0 radical (unpaired) electrons. The Morgan fingerprint density at radius 2 is 1.88 bits per heavy atom. The summed E-state index contributed by atoms with van der Waals surface area (Å²) in [5.41, 5.74) is -0.256. The van der Waals surface area contributed by atoms with E-state index >= 15 is 0 Å². The van der Waals surface area contributed by atoms with E-state index in [1.165, 1.54) is 17.0 Å². The van der Waals surface area contributed by atoms with Gasteiger partial charge in [-0.1, -0.05) is 24.1 Å². The highest BCUT2D eigenvalue weighted by Gasteiger charge is 2.31. The Balaban J connectivity index is 1.67. The number of carbonyl (C=O) groups excluding carboxylic acids is 1. The van der Waals surface area contributed by atoms with E-state index in [9.17, 15) is 18.0 Å². The Morgan fingerprint density at radius 1 is 1.09 bits per heavy atom. The first-order valence-corrected chi connectivity index (χ1v) is 10.6. The Morgan fingerprint density at radius 3 is 2.62 bits per heavy atom. The predicted octanol–water partition coefficient (Wildman–Crippen LogP) is 5.92. The summed E-state index contributed by atoms with van der Waals surface area (Å²) >= 11 is 5.89. The zero-order chi connectivity index (χ0) is 22.7. The van der Waals surface area contributed by atoms with Crippen molar-refractivity contribution in [3.63, 3.8) is 0 Å². The van der Waals surface area contributed by atoms with Gasteiger partial charge >= 0.3 is 12.2 Å². The number of urea groups is 1.